The molecule has 3 aromatic rings. The number of amides is 2. The number of fused-ring (bicyclic) bond motifs is 2. The highest BCUT2D eigenvalue weighted by atomic mass is 16.5. The molecule has 1 aromatic heterocycles. The van der Waals surface area contributed by atoms with Crippen molar-refractivity contribution in [3.63, 3.8) is 0 Å². The van der Waals surface area contributed by atoms with Crippen LogP contribution in [0.1, 0.15) is 33.9 Å². The minimum absolute atomic E-state index is 0.0849. The van der Waals surface area contributed by atoms with Gasteiger partial charge in [-0.1, -0.05) is 0 Å². The highest BCUT2D eigenvalue weighted by Gasteiger charge is 2.37. The van der Waals surface area contributed by atoms with E-state index in [0.29, 0.717) is 56.3 Å². The van der Waals surface area contributed by atoms with Gasteiger partial charge in [-0.05, 0) is 78.2 Å². The van der Waals surface area contributed by atoms with Crippen molar-refractivity contribution in [2.24, 2.45) is 0 Å². The summed E-state index contributed by atoms with van der Waals surface area (Å²) in [5.41, 5.74) is 5.31. The number of H-pyrrole nitrogens is 1. The van der Waals surface area contributed by atoms with Crippen molar-refractivity contribution in [2.45, 2.75) is 26.3 Å². The Labute approximate surface area is 204 Å². The molecule has 0 unspecified atom stereocenters. The molecule has 1 atom stereocenters. The van der Waals surface area contributed by atoms with Crippen LogP contribution in [-0.2, 0) is 11.2 Å². The topological polar surface area (TPSA) is 84.1 Å². The van der Waals surface area contributed by atoms with Crippen LogP contribution in [0, 0.1) is 13.8 Å². The molecule has 1 fully saturated rings. The van der Waals surface area contributed by atoms with Crippen molar-refractivity contribution in [3.8, 4) is 11.5 Å². The van der Waals surface area contributed by atoms with Gasteiger partial charge in [-0.15, -0.1) is 0 Å². The Bertz CT molecular complexity index is 1340. The van der Waals surface area contributed by atoms with Crippen LogP contribution in [0.5, 0.6) is 11.5 Å². The molecule has 2 aliphatic rings. The standard InChI is InChI=1S/C27H31N3O5/c1-16-11-19-13-21(26(31)28-22(19)12-17(16)2)25-20-15-24(34-4)23(33-3)14-18(20)5-6-30(25)27(32)29-7-9-35-10-8-29/h11-15,25H,5-10H2,1-4H3,(H,28,31)/t25-/m0/s1. The Morgan fingerprint density at radius 1 is 0.943 bits per heavy atom. The molecule has 35 heavy (non-hydrogen) atoms. The first-order valence-corrected chi connectivity index (χ1v) is 11.9. The summed E-state index contributed by atoms with van der Waals surface area (Å²) in [6, 6.07) is 9.23. The van der Waals surface area contributed by atoms with Crippen molar-refractivity contribution in [2.75, 3.05) is 47.1 Å². The van der Waals surface area contributed by atoms with Crippen molar-refractivity contribution in [1.29, 1.82) is 0 Å². The quantitative estimate of drug-likeness (QED) is 0.624. The number of aromatic nitrogens is 1. The van der Waals surface area contributed by atoms with E-state index in [1.165, 1.54) is 0 Å². The summed E-state index contributed by atoms with van der Waals surface area (Å²) < 4.78 is 16.6. The third-order valence-electron chi connectivity index (χ3n) is 7.18. The molecule has 0 bridgehead atoms. The summed E-state index contributed by atoms with van der Waals surface area (Å²) in [7, 11) is 3.20. The summed E-state index contributed by atoms with van der Waals surface area (Å²) in [5.74, 6) is 1.21. The molecule has 2 amide bonds. The number of rotatable bonds is 3. The normalized spacial score (nSPS) is 17.9. The second-order valence-corrected chi connectivity index (χ2v) is 9.21. The van der Waals surface area contributed by atoms with E-state index in [0.717, 1.165) is 33.2 Å². The lowest BCUT2D eigenvalue weighted by Gasteiger charge is -2.41. The summed E-state index contributed by atoms with van der Waals surface area (Å²) in [6.07, 6.45) is 0.659. The Balaban J connectivity index is 1.70. The summed E-state index contributed by atoms with van der Waals surface area (Å²) in [5, 5.41) is 0.939. The van der Waals surface area contributed by atoms with Crippen LogP contribution in [-0.4, -0.2) is 67.9 Å². The lowest BCUT2D eigenvalue weighted by atomic mass is 9.87. The second kappa shape index (κ2) is 9.26. The van der Waals surface area contributed by atoms with Crippen LogP contribution >= 0.6 is 0 Å². The molecule has 1 saturated heterocycles. The largest absolute Gasteiger partial charge is 0.493 e. The Morgan fingerprint density at radius 2 is 1.63 bits per heavy atom. The van der Waals surface area contributed by atoms with Gasteiger partial charge in [0.1, 0.15) is 0 Å². The van der Waals surface area contributed by atoms with Crippen molar-refractivity contribution >= 4 is 16.9 Å². The van der Waals surface area contributed by atoms with Crippen molar-refractivity contribution in [1.82, 2.24) is 14.8 Å². The number of urea groups is 1. The van der Waals surface area contributed by atoms with E-state index in [1.54, 1.807) is 14.2 Å². The van der Waals surface area contributed by atoms with Crippen LogP contribution in [0.4, 0.5) is 4.79 Å². The number of morpholine rings is 1. The number of nitrogens with zero attached hydrogens (tertiary/aromatic N) is 2. The molecule has 8 nitrogen and oxygen atoms in total. The third-order valence-corrected chi connectivity index (χ3v) is 7.18. The number of carbonyl (C=O) groups excluding carboxylic acids is 1. The van der Waals surface area contributed by atoms with Crippen LogP contribution < -0.4 is 15.0 Å². The Hall–Kier alpha value is -3.52. The number of carbonyl (C=O) groups is 1. The number of hydrogen-bond acceptors (Lipinski definition) is 5. The highest BCUT2D eigenvalue weighted by molar-refractivity contribution is 5.82. The summed E-state index contributed by atoms with van der Waals surface area (Å²) in [4.78, 5) is 33.9. The van der Waals surface area contributed by atoms with E-state index < -0.39 is 6.04 Å². The molecular weight excluding hydrogens is 446 g/mol. The molecule has 5 rings (SSSR count). The predicted molar refractivity (Wildman–Crippen MR) is 134 cm³/mol. The van der Waals surface area contributed by atoms with Gasteiger partial charge in [0.2, 0.25) is 0 Å². The number of hydrogen-bond donors (Lipinski definition) is 1. The van der Waals surface area contributed by atoms with Crippen LogP contribution in [0.2, 0.25) is 0 Å². The fourth-order valence-corrected chi connectivity index (χ4v) is 5.12. The zero-order valence-corrected chi connectivity index (χ0v) is 20.6. The SMILES string of the molecule is COc1cc2c(cc1OC)[C@@H](c1cc3cc(C)c(C)cc3[nH]c1=O)N(C(=O)N1CCOCC1)CC2. The Kier molecular flexibility index (Phi) is 6.15. The molecule has 3 heterocycles. The molecule has 8 heteroatoms. The zero-order valence-electron chi connectivity index (χ0n) is 20.6. The number of nitrogens with one attached hydrogen (secondary N) is 1. The zero-order chi connectivity index (χ0) is 24.7. The lowest BCUT2D eigenvalue weighted by molar-refractivity contribution is 0.0399. The molecule has 0 saturated carbocycles. The van der Waals surface area contributed by atoms with Gasteiger partial charge in [0.25, 0.3) is 5.56 Å². The number of benzene rings is 2. The first-order valence-electron chi connectivity index (χ1n) is 11.9. The molecule has 0 radical (unpaired) electrons. The Morgan fingerprint density at radius 3 is 2.34 bits per heavy atom. The van der Waals surface area contributed by atoms with Gasteiger partial charge >= 0.3 is 6.03 Å². The van der Waals surface area contributed by atoms with Crippen molar-refractivity contribution in [3.05, 3.63) is 68.5 Å². The molecular formula is C27H31N3O5. The average Bonchev–Trinajstić information content (AvgIpc) is 2.88. The van der Waals surface area contributed by atoms with E-state index in [-0.39, 0.29) is 11.6 Å². The highest BCUT2D eigenvalue weighted by Crippen LogP contribution is 2.41. The fraction of sp³-hybridized carbons (Fsp3) is 0.407. The number of aromatic amines is 1. The van der Waals surface area contributed by atoms with Gasteiger partial charge in [0.15, 0.2) is 11.5 Å². The maximum absolute atomic E-state index is 13.7. The number of methoxy groups -OCH3 is 2. The maximum Gasteiger partial charge on any atom is 0.320 e. The molecule has 184 valence electrons. The van der Waals surface area contributed by atoms with Crippen LogP contribution in [0.25, 0.3) is 10.9 Å². The van der Waals surface area contributed by atoms with E-state index in [2.05, 4.69) is 18.0 Å². The lowest BCUT2D eigenvalue weighted by Crippen LogP contribution is -2.52. The van der Waals surface area contributed by atoms with Crippen LogP contribution in [0.3, 0.4) is 0 Å². The van der Waals surface area contributed by atoms with Crippen LogP contribution in [0.15, 0.2) is 35.1 Å². The van der Waals surface area contributed by atoms with E-state index >= 15 is 0 Å². The predicted octanol–water partition coefficient (Wildman–Crippen LogP) is 3.56. The van der Waals surface area contributed by atoms with E-state index in [4.69, 9.17) is 14.2 Å². The van der Waals surface area contributed by atoms with Gasteiger partial charge in [0.05, 0.1) is 33.5 Å². The molecule has 2 aliphatic heterocycles. The van der Waals surface area contributed by atoms with E-state index in [9.17, 15) is 9.59 Å². The maximum atomic E-state index is 13.7. The molecule has 2 aromatic carbocycles. The second-order valence-electron chi connectivity index (χ2n) is 9.21. The van der Waals surface area contributed by atoms with Gasteiger partial charge < -0.3 is 29.0 Å². The van der Waals surface area contributed by atoms with E-state index in [1.807, 2.05) is 41.0 Å². The third kappa shape index (κ3) is 4.12. The van der Waals surface area contributed by atoms with Crippen molar-refractivity contribution < 1.29 is 19.0 Å². The van der Waals surface area contributed by atoms with Gasteiger partial charge in [0, 0.05) is 30.7 Å². The smallest absolute Gasteiger partial charge is 0.320 e. The number of ether oxygens (including phenoxy) is 3. The first-order chi connectivity index (χ1) is 16.9. The molecule has 1 N–H and O–H groups in total. The van der Waals surface area contributed by atoms with Gasteiger partial charge in [-0.2, -0.15) is 0 Å². The first kappa shape index (κ1) is 23.2. The van der Waals surface area contributed by atoms with Gasteiger partial charge in [-0.3, -0.25) is 4.79 Å². The fourth-order valence-electron chi connectivity index (χ4n) is 5.12. The monoisotopic (exact) mass is 477 g/mol. The minimum atomic E-state index is -0.552. The number of aryl methyl sites for hydroxylation is 2. The molecule has 0 aliphatic carbocycles. The average molecular weight is 478 g/mol. The minimum Gasteiger partial charge on any atom is -0.493 e. The van der Waals surface area contributed by atoms with Gasteiger partial charge in [-0.25, -0.2) is 4.79 Å². The molecule has 0 spiro atoms. The number of pyridine rings is 1. The summed E-state index contributed by atoms with van der Waals surface area (Å²) >= 11 is 0. The summed E-state index contributed by atoms with van der Waals surface area (Å²) in [6.45, 7) is 6.68.